The summed E-state index contributed by atoms with van der Waals surface area (Å²) < 4.78 is 0. The highest BCUT2D eigenvalue weighted by Gasteiger charge is 2.19. The molecule has 6 nitrogen and oxygen atoms in total. The molecule has 37 heavy (non-hydrogen) atoms. The molecule has 5 rings (SSSR count). The van der Waals surface area contributed by atoms with Crippen molar-refractivity contribution in [1.29, 1.82) is 5.26 Å². The van der Waals surface area contributed by atoms with Gasteiger partial charge in [-0.3, -0.25) is 4.98 Å². The van der Waals surface area contributed by atoms with Crippen molar-refractivity contribution < 1.29 is 0 Å². The summed E-state index contributed by atoms with van der Waals surface area (Å²) in [7, 11) is 0. The van der Waals surface area contributed by atoms with E-state index in [9.17, 15) is 5.26 Å². The van der Waals surface area contributed by atoms with Crippen LogP contribution in [-0.2, 0) is 0 Å². The van der Waals surface area contributed by atoms with E-state index in [1.165, 1.54) is 18.1 Å². The van der Waals surface area contributed by atoms with Crippen molar-refractivity contribution in [1.82, 2.24) is 15.0 Å². The van der Waals surface area contributed by atoms with Gasteiger partial charge >= 0.3 is 0 Å². The van der Waals surface area contributed by atoms with Crippen molar-refractivity contribution in [2.45, 2.75) is 22.8 Å². The summed E-state index contributed by atoms with van der Waals surface area (Å²) in [5, 5.41) is 15.9. The zero-order valence-electron chi connectivity index (χ0n) is 19.6. The first-order valence-corrected chi connectivity index (χ1v) is 12.9. The van der Waals surface area contributed by atoms with Gasteiger partial charge in [-0.2, -0.15) is 5.26 Å². The molecule has 3 aromatic carbocycles. The minimum Gasteiger partial charge on any atom is -0.394 e. The van der Waals surface area contributed by atoms with Crippen LogP contribution in [-0.4, -0.2) is 15.0 Å². The fraction of sp³-hybridized carbons (Fsp3) is 0.0714. The number of nitrogens with one attached hydrogen (secondary N) is 1. The SMILES string of the molecule is Cc1cc(C(C#N)c2ccc(Cl)cc2)c(Cl)cc1Nc1ncnc(Sc2cccc3cccnc23)c1N. The van der Waals surface area contributed by atoms with Crippen molar-refractivity contribution in [3.8, 4) is 6.07 Å². The predicted octanol–water partition coefficient (Wildman–Crippen LogP) is 7.77. The Kier molecular flexibility index (Phi) is 7.15. The summed E-state index contributed by atoms with van der Waals surface area (Å²) >= 11 is 14.1. The topological polar surface area (TPSA) is 101 Å². The fourth-order valence-electron chi connectivity index (χ4n) is 3.99. The number of aromatic nitrogens is 3. The van der Waals surface area contributed by atoms with Gasteiger partial charge in [-0.05, 0) is 53.9 Å². The molecule has 2 heterocycles. The lowest BCUT2D eigenvalue weighted by atomic mass is 9.91. The van der Waals surface area contributed by atoms with Crippen molar-refractivity contribution in [2.75, 3.05) is 11.1 Å². The van der Waals surface area contributed by atoms with Gasteiger partial charge in [-0.25, -0.2) is 9.97 Å². The molecule has 3 N–H and O–H groups in total. The van der Waals surface area contributed by atoms with Crippen LogP contribution < -0.4 is 11.1 Å². The average Bonchev–Trinajstić information content (AvgIpc) is 2.90. The predicted molar refractivity (Wildman–Crippen MR) is 151 cm³/mol. The van der Waals surface area contributed by atoms with E-state index >= 15 is 0 Å². The number of rotatable bonds is 6. The minimum atomic E-state index is -0.529. The van der Waals surface area contributed by atoms with E-state index in [0.717, 1.165) is 32.6 Å². The van der Waals surface area contributed by atoms with Crippen LogP contribution in [0.25, 0.3) is 10.9 Å². The molecule has 0 aliphatic carbocycles. The number of benzene rings is 3. The molecule has 0 fully saturated rings. The van der Waals surface area contributed by atoms with E-state index in [0.29, 0.717) is 32.1 Å². The maximum absolute atomic E-state index is 9.88. The molecule has 9 heteroatoms. The van der Waals surface area contributed by atoms with E-state index < -0.39 is 5.92 Å². The van der Waals surface area contributed by atoms with E-state index in [1.807, 2.05) is 55.5 Å². The van der Waals surface area contributed by atoms with E-state index in [2.05, 4.69) is 26.3 Å². The van der Waals surface area contributed by atoms with Crippen LogP contribution in [0.3, 0.4) is 0 Å². The first-order valence-electron chi connectivity index (χ1n) is 11.3. The molecule has 0 saturated carbocycles. The summed E-state index contributed by atoms with van der Waals surface area (Å²) in [6.07, 6.45) is 3.24. The molecule has 0 aliphatic rings. The Balaban J connectivity index is 1.44. The number of hydrogen-bond donors (Lipinski definition) is 2. The number of pyridine rings is 1. The normalized spacial score (nSPS) is 11.7. The lowest BCUT2D eigenvalue weighted by Crippen LogP contribution is -2.05. The van der Waals surface area contributed by atoms with Gasteiger partial charge in [0.25, 0.3) is 0 Å². The van der Waals surface area contributed by atoms with Crippen LogP contribution in [0, 0.1) is 18.3 Å². The number of nitrogens with zero attached hydrogens (tertiary/aromatic N) is 4. The van der Waals surface area contributed by atoms with E-state index in [-0.39, 0.29) is 0 Å². The molecule has 2 aromatic heterocycles. The molecule has 0 saturated heterocycles. The number of halogens is 2. The highest BCUT2D eigenvalue weighted by Crippen LogP contribution is 2.39. The summed E-state index contributed by atoms with van der Waals surface area (Å²) in [5.41, 5.74) is 10.9. The fourth-order valence-corrected chi connectivity index (χ4v) is 5.32. The van der Waals surface area contributed by atoms with Crippen molar-refractivity contribution in [3.63, 3.8) is 0 Å². The van der Waals surface area contributed by atoms with Crippen LogP contribution in [0.4, 0.5) is 17.2 Å². The molecule has 0 aliphatic heterocycles. The Labute approximate surface area is 228 Å². The third-order valence-electron chi connectivity index (χ3n) is 5.89. The van der Waals surface area contributed by atoms with Gasteiger partial charge in [0, 0.05) is 32.2 Å². The van der Waals surface area contributed by atoms with Gasteiger partial charge in [0.2, 0.25) is 0 Å². The van der Waals surface area contributed by atoms with Crippen LogP contribution in [0.2, 0.25) is 10.0 Å². The highest BCUT2D eigenvalue weighted by molar-refractivity contribution is 7.99. The minimum absolute atomic E-state index is 0.413. The van der Waals surface area contributed by atoms with Crippen LogP contribution in [0.5, 0.6) is 0 Å². The smallest absolute Gasteiger partial charge is 0.158 e. The largest absolute Gasteiger partial charge is 0.394 e. The third kappa shape index (κ3) is 5.18. The number of aryl methyl sites for hydroxylation is 1. The lowest BCUT2D eigenvalue weighted by Gasteiger charge is -2.17. The Bertz CT molecular complexity index is 1640. The summed E-state index contributed by atoms with van der Waals surface area (Å²) in [6, 6.07) is 23.1. The number of anilines is 3. The van der Waals surface area contributed by atoms with Crippen LogP contribution in [0.1, 0.15) is 22.6 Å². The van der Waals surface area contributed by atoms with Gasteiger partial charge in [0.15, 0.2) is 5.82 Å². The molecule has 0 radical (unpaired) electrons. The maximum atomic E-state index is 9.88. The first-order chi connectivity index (χ1) is 17.9. The average molecular weight is 543 g/mol. The maximum Gasteiger partial charge on any atom is 0.158 e. The van der Waals surface area contributed by atoms with Gasteiger partial charge < -0.3 is 11.1 Å². The Morgan fingerprint density at radius 1 is 1.00 bits per heavy atom. The van der Waals surface area contributed by atoms with Crippen LogP contribution in [0.15, 0.2) is 89.2 Å². The van der Waals surface area contributed by atoms with Crippen molar-refractivity contribution in [2.24, 2.45) is 0 Å². The molecular weight excluding hydrogens is 523 g/mol. The van der Waals surface area contributed by atoms with Gasteiger partial charge in [-0.15, -0.1) is 0 Å². The molecule has 0 amide bonds. The second kappa shape index (κ2) is 10.7. The standard InChI is InChI=1S/C28H20Cl2N6S/c1-16-12-20(21(14-31)17-7-9-19(29)10-8-17)22(30)13-23(16)36-27-25(32)28(35-15-34-27)37-24-6-2-4-18-5-3-11-33-26(18)24/h2-13,15,21H,32H2,1H3,(H,34,35,36). The van der Waals surface area contributed by atoms with E-state index in [1.54, 1.807) is 24.4 Å². The highest BCUT2D eigenvalue weighted by atomic mass is 35.5. The molecular formula is C28H20Cl2N6S. The number of nitrogen functional groups attached to an aromatic ring is 1. The molecule has 182 valence electrons. The lowest BCUT2D eigenvalue weighted by molar-refractivity contribution is 1.03. The van der Waals surface area contributed by atoms with E-state index in [4.69, 9.17) is 28.9 Å². The van der Waals surface area contributed by atoms with Crippen molar-refractivity contribution in [3.05, 3.63) is 106 Å². The van der Waals surface area contributed by atoms with Gasteiger partial charge in [0.1, 0.15) is 17.0 Å². The third-order valence-corrected chi connectivity index (χ3v) is 7.54. The van der Waals surface area contributed by atoms with Crippen molar-refractivity contribution >= 4 is 63.1 Å². The van der Waals surface area contributed by atoms with Gasteiger partial charge in [-0.1, -0.05) is 71.4 Å². The number of nitriles is 1. The monoisotopic (exact) mass is 542 g/mol. The second-order valence-electron chi connectivity index (χ2n) is 8.30. The second-order valence-corrected chi connectivity index (χ2v) is 10.2. The zero-order valence-corrected chi connectivity index (χ0v) is 21.9. The number of para-hydroxylation sites is 1. The Morgan fingerprint density at radius 2 is 1.78 bits per heavy atom. The molecule has 1 atom stereocenters. The number of nitrogens with two attached hydrogens (primary N) is 1. The molecule has 5 aromatic rings. The summed E-state index contributed by atoms with van der Waals surface area (Å²) in [5.74, 6) is -0.0638. The molecule has 0 bridgehead atoms. The Morgan fingerprint density at radius 3 is 2.57 bits per heavy atom. The van der Waals surface area contributed by atoms with Gasteiger partial charge in [0.05, 0.1) is 17.5 Å². The zero-order chi connectivity index (χ0) is 25.9. The number of hydrogen-bond acceptors (Lipinski definition) is 7. The first kappa shape index (κ1) is 24.8. The van der Waals surface area contributed by atoms with Crippen LogP contribution >= 0.6 is 35.0 Å². The molecule has 1 unspecified atom stereocenters. The number of fused-ring (bicyclic) bond motifs is 1. The summed E-state index contributed by atoms with van der Waals surface area (Å²) in [6.45, 7) is 1.94. The quantitative estimate of drug-likeness (QED) is 0.211. The molecule has 0 spiro atoms. The summed E-state index contributed by atoms with van der Waals surface area (Å²) in [4.78, 5) is 14.2. The Hall–Kier alpha value is -3.83.